The van der Waals surface area contributed by atoms with Gasteiger partial charge in [0, 0.05) is 16.8 Å². The molecule has 1 N–H and O–H groups in total. The van der Waals surface area contributed by atoms with Crippen LogP contribution in [0.15, 0.2) is 72.3 Å². The largest absolute Gasteiger partial charge is 0.507 e. The molecular weight excluding hydrogens is 421 g/mol. The maximum atomic E-state index is 15.0. The number of ether oxygens (including phenoxy) is 1. The molecule has 3 aromatic rings. The average Bonchev–Trinajstić information content (AvgIpc) is 3.06. The molecule has 1 fully saturated rings. The van der Waals surface area contributed by atoms with Crippen molar-refractivity contribution in [1.29, 1.82) is 0 Å². The van der Waals surface area contributed by atoms with E-state index >= 15 is 0 Å². The molecule has 1 amide bonds. The van der Waals surface area contributed by atoms with E-state index in [1.54, 1.807) is 36.4 Å². The van der Waals surface area contributed by atoms with Crippen LogP contribution in [0.4, 0.5) is 10.1 Å². The Labute approximate surface area is 191 Å². The monoisotopic (exact) mass is 445 g/mol. The molecule has 1 atom stereocenters. The first kappa shape index (κ1) is 22.3. The van der Waals surface area contributed by atoms with Crippen LogP contribution in [0, 0.1) is 19.7 Å². The number of hydrogen-bond acceptors (Lipinski definition) is 4. The number of ketones is 1. The number of Topliss-reactive ketones (excluding diaryl/α,β-unsaturated/α-hetero) is 1. The van der Waals surface area contributed by atoms with Crippen LogP contribution < -0.4 is 9.64 Å². The Balaban J connectivity index is 1.95. The Kier molecular flexibility index (Phi) is 6.01. The van der Waals surface area contributed by atoms with Gasteiger partial charge in [-0.2, -0.15) is 0 Å². The molecule has 0 spiro atoms. The zero-order chi connectivity index (χ0) is 23.7. The number of aryl methyl sites for hydroxylation is 2. The van der Waals surface area contributed by atoms with Crippen LogP contribution in [0.2, 0.25) is 0 Å². The third-order valence-corrected chi connectivity index (χ3v) is 5.77. The summed E-state index contributed by atoms with van der Waals surface area (Å²) in [5.74, 6) is -1.96. The molecule has 0 radical (unpaired) electrons. The van der Waals surface area contributed by atoms with E-state index in [0.29, 0.717) is 23.6 Å². The summed E-state index contributed by atoms with van der Waals surface area (Å²) >= 11 is 0. The van der Waals surface area contributed by atoms with E-state index in [1.165, 1.54) is 23.1 Å². The minimum Gasteiger partial charge on any atom is -0.507 e. The van der Waals surface area contributed by atoms with Crippen molar-refractivity contribution in [2.45, 2.75) is 26.8 Å². The Morgan fingerprint density at radius 1 is 1.00 bits per heavy atom. The maximum Gasteiger partial charge on any atom is 0.300 e. The third-order valence-electron chi connectivity index (χ3n) is 5.77. The fraction of sp³-hybridized carbons (Fsp3) is 0.185. The first-order chi connectivity index (χ1) is 15.8. The lowest BCUT2D eigenvalue weighted by Gasteiger charge is -2.27. The zero-order valence-corrected chi connectivity index (χ0v) is 18.6. The van der Waals surface area contributed by atoms with Gasteiger partial charge in [-0.15, -0.1) is 0 Å². The minimum atomic E-state index is -1.11. The number of halogens is 1. The van der Waals surface area contributed by atoms with Gasteiger partial charge >= 0.3 is 0 Å². The summed E-state index contributed by atoms with van der Waals surface area (Å²) in [6.45, 7) is 5.99. The highest BCUT2D eigenvalue weighted by molar-refractivity contribution is 6.51. The molecule has 168 valence electrons. The number of carbonyl (C=O) groups excluding carboxylic acids is 2. The Morgan fingerprint density at radius 2 is 1.70 bits per heavy atom. The van der Waals surface area contributed by atoms with Crippen LogP contribution in [0.25, 0.3) is 5.76 Å². The lowest BCUT2D eigenvalue weighted by atomic mass is 9.94. The smallest absolute Gasteiger partial charge is 0.300 e. The number of benzene rings is 3. The molecule has 4 rings (SSSR count). The van der Waals surface area contributed by atoms with E-state index in [2.05, 4.69) is 0 Å². The number of aliphatic hydroxyl groups is 1. The van der Waals surface area contributed by atoms with E-state index in [4.69, 9.17) is 4.74 Å². The highest BCUT2D eigenvalue weighted by atomic mass is 19.1. The van der Waals surface area contributed by atoms with Gasteiger partial charge in [-0.1, -0.05) is 36.4 Å². The van der Waals surface area contributed by atoms with Crippen molar-refractivity contribution in [2.75, 3.05) is 11.5 Å². The van der Waals surface area contributed by atoms with E-state index in [9.17, 15) is 19.1 Å². The molecule has 0 aromatic heterocycles. The van der Waals surface area contributed by atoms with Crippen molar-refractivity contribution in [2.24, 2.45) is 0 Å². The van der Waals surface area contributed by atoms with Gasteiger partial charge in [-0.3, -0.25) is 14.5 Å². The van der Waals surface area contributed by atoms with Gasteiger partial charge in [0.2, 0.25) is 0 Å². The summed E-state index contributed by atoms with van der Waals surface area (Å²) in [6, 6.07) is 16.9. The van der Waals surface area contributed by atoms with Crippen LogP contribution in [-0.4, -0.2) is 23.4 Å². The van der Waals surface area contributed by atoms with E-state index in [1.807, 2.05) is 32.9 Å². The number of hydrogen-bond donors (Lipinski definition) is 1. The van der Waals surface area contributed by atoms with Gasteiger partial charge in [0.1, 0.15) is 17.3 Å². The molecule has 33 heavy (non-hydrogen) atoms. The van der Waals surface area contributed by atoms with Crippen molar-refractivity contribution >= 4 is 23.1 Å². The second-order valence-corrected chi connectivity index (χ2v) is 7.89. The summed E-state index contributed by atoms with van der Waals surface area (Å²) in [7, 11) is 0. The SMILES string of the molecule is CCOc1ccc(/C(O)=C2\C(=O)C(=O)N(c3ccccc3C)C2c2ccccc2F)cc1C. The Bertz CT molecular complexity index is 1280. The number of nitrogens with zero attached hydrogens (tertiary/aromatic N) is 1. The maximum absolute atomic E-state index is 15.0. The lowest BCUT2D eigenvalue weighted by molar-refractivity contribution is -0.132. The highest BCUT2D eigenvalue weighted by Crippen LogP contribution is 2.43. The van der Waals surface area contributed by atoms with Gasteiger partial charge < -0.3 is 9.84 Å². The van der Waals surface area contributed by atoms with Crippen molar-refractivity contribution in [3.8, 4) is 5.75 Å². The van der Waals surface area contributed by atoms with Gasteiger partial charge in [0.05, 0.1) is 18.2 Å². The summed E-state index contributed by atoms with van der Waals surface area (Å²) in [4.78, 5) is 27.7. The lowest BCUT2D eigenvalue weighted by Crippen LogP contribution is -2.30. The van der Waals surface area contributed by atoms with Crippen LogP contribution in [0.3, 0.4) is 0 Å². The predicted molar refractivity (Wildman–Crippen MR) is 125 cm³/mol. The topological polar surface area (TPSA) is 66.8 Å². The molecule has 3 aromatic carbocycles. The molecule has 1 aliphatic rings. The van der Waals surface area contributed by atoms with E-state index in [0.717, 1.165) is 11.1 Å². The van der Waals surface area contributed by atoms with E-state index < -0.39 is 23.5 Å². The third kappa shape index (κ3) is 3.89. The van der Waals surface area contributed by atoms with Gasteiger partial charge in [0.15, 0.2) is 0 Å². The summed E-state index contributed by atoms with van der Waals surface area (Å²) < 4.78 is 20.5. The summed E-state index contributed by atoms with van der Waals surface area (Å²) in [5, 5.41) is 11.2. The summed E-state index contributed by atoms with van der Waals surface area (Å²) in [6.07, 6.45) is 0. The van der Waals surface area contributed by atoms with Crippen molar-refractivity contribution in [3.05, 3.63) is 100 Å². The molecule has 1 aliphatic heterocycles. The van der Waals surface area contributed by atoms with Crippen LogP contribution in [-0.2, 0) is 9.59 Å². The summed E-state index contributed by atoms with van der Waals surface area (Å²) in [5.41, 5.74) is 2.31. The highest BCUT2D eigenvalue weighted by Gasteiger charge is 2.48. The fourth-order valence-electron chi connectivity index (χ4n) is 4.18. The second kappa shape index (κ2) is 8.90. The Hall–Kier alpha value is -3.93. The van der Waals surface area contributed by atoms with Crippen molar-refractivity contribution in [3.63, 3.8) is 0 Å². The molecular formula is C27H24FNO4. The number of carbonyl (C=O) groups is 2. The number of para-hydroxylation sites is 1. The van der Waals surface area contributed by atoms with E-state index in [-0.39, 0.29) is 16.9 Å². The number of anilines is 1. The molecule has 1 heterocycles. The standard InChI is InChI=1S/C27H24FNO4/c1-4-33-22-14-13-18(15-17(22)3)25(30)23-24(19-10-6-7-11-20(19)28)29(27(32)26(23)31)21-12-8-5-9-16(21)2/h5-15,24,30H,4H2,1-3H3/b25-23+. The first-order valence-corrected chi connectivity index (χ1v) is 10.7. The van der Waals surface area contributed by atoms with Crippen LogP contribution >= 0.6 is 0 Å². The molecule has 1 saturated heterocycles. The molecule has 1 unspecified atom stereocenters. The van der Waals surface area contributed by atoms with Gasteiger partial charge in [-0.05, 0) is 62.2 Å². The fourth-order valence-corrected chi connectivity index (χ4v) is 4.18. The molecule has 0 aliphatic carbocycles. The Morgan fingerprint density at radius 3 is 2.36 bits per heavy atom. The van der Waals surface area contributed by atoms with Gasteiger partial charge in [-0.25, -0.2) is 4.39 Å². The second-order valence-electron chi connectivity index (χ2n) is 7.89. The normalized spacial score (nSPS) is 17.5. The van der Waals surface area contributed by atoms with Crippen LogP contribution in [0.1, 0.15) is 35.2 Å². The number of aliphatic hydroxyl groups excluding tert-OH is 1. The number of amides is 1. The van der Waals surface area contributed by atoms with Crippen molar-refractivity contribution in [1.82, 2.24) is 0 Å². The molecule has 5 nitrogen and oxygen atoms in total. The number of rotatable bonds is 5. The molecule has 6 heteroatoms. The quantitative estimate of drug-likeness (QED) is 0.321. The minimum absolute atomic E-state index is 0.129. The predicted octanol–water partition coefficient (Wildman–Crippen LogP) is 5.47. The molecule has 0 saturated carbocycles. The molecule has 0 bridgehead atoms. The first-order valence-electron chi connectivity index (χ1n) is 10.7. The average molecular weight is 445 g/mol. The van der Waals surface area contributed by atoms with Crippen LogP contribution in [0.5, 0.6) is 5.75 Å². The van der Waals surface area contributed by atoms with Gasteiger partial charge in [0.25, 0.3) is 11.7 Å². The zero-order valence-electron chi connectivity index (χ0n) is 18.6. The van der Waals surface area contributed by atoms with Crippen molar-refractivity contribution < 1.29 is 23.8 Å².